The van der Waals surface area contributed by atoms with Gasteiger partial charge in [-0.1, -0.05) is 97.3 Å². The van der Waals surface area contributed by atoms with Gasteiger partial charge < -0.3 is 20.5 Å². The van der Waals surface area contributed by atoms with Gasteiger partial charge in [0, 0.05) is 38.6 Å². The average molecular weight is 471 g/mol. The van der Waals surface area contributed by atoms with E-state index in [4.69, 9.17) is 15.2 Å². The lowest BCUT2D eigenvalue weighted by Gasteiger charge is -2.41. The van der Waals surface area contributed by atoms with Gasteiger partial charge in [-0.15, -0.1) is 0 Å². The van der Waals surface area contributed by atoms with Crippen molar-refractivity contribution >= 4 is 0 Å². The molecule has 0 aromatic carbocycles. The zero-order valence-corrected chi connectivity index (χ0v) is 23.2. The van der Waals surface area contributed by atoms with Gasteiger partial charge in [-0.25, -0.2) is 0 Å². The second-order valence-electron chi connectivity index (χ2n) is 9.84. The van der Waals surface area contributed by atoms with Crippen molar-refractivity contribution in [2.75, 3.05) is 32.8 Å². The lowest BCUT2D eigenvalue weighted by molar-refractivity contribution is -0.270. The fourth-order valence-electron chi connectivity index (χ4n) is 5.08. The van der Waals surface area contributed by atoms with Crippen LogP contribution < -0.4 is 11.1 Å². The summed E-state index contributed by atoms with van der Waals surface area (Å²) in [7, 11) is 0. The van der Waals surface area contributed by atoms with Crippen molar-refractivity contribution in [2.24, 2.45) is 11.7 Å². The van der Waals surface area contributed by atoms with Crippen LogP contribution in [-0.4, -0.2) is 38.6 Å². The summed E-state index contributed by atoms with van der Waals surface area (Å²) in [6.07, 6.45) is 23.4. The Kier molecular flexibility index (Phi) is 24.8. The normalized spacial score (nSPS) is 13.0. The SMILES string of the molecule is CCCCCCCCCCC(OCC)(OCC)C(CCCCCCCC)CCCNCCN. The fraction of sp³-hybridized carbons (Fsp3) is 1.00. The second kappa shape index (κ2) is 24.9. The molecule has 0 spiro atoms. The molecular formula is C29H62N2O2. The molecule has 0 radical (unpaired) electrons. The zero-order valence-electron chi connectivity index (χ0n) is 23.2. The molecule has 1 atom stereocenters. The molecule has 0 saturated heterocycles. The summed E-state index contributed by atoms with van der Waals surface area (Å²) >= 11 is 0. The molecule has 0 rings (SSSR count). The molecule has 4 nitrogen and oxygen atoms in total. The summed E-state index contributed by atoms with van der Waals surface area (Å²) in [6.45, 7) is 13.0. The van der Waals surface area contributed by atoms with Crippen LogP contribution in [0.4, 0.5) is 0 Å². The molecule has 0 aromatic heterocycles. The predicted molar refractivity (Wildman–Crippen MR) is 146 cm³/mol. The predicted octanol–water partition coefficient (Wildman–Crippen LogP) is 7.98. The van der Waals surface area contributed by atoms with E-state index in [0.29, 0.717) is 12.5 Å². The first-order chi connectivity index (χ1) is 16.2. The standard InChI is InChI=1S/C29H62N2O2/c1-5-9-11-13-15-16-18-20-24-29(32-7-3,33-8-4)28(23-21-26-31-27-25-30)22-19-17-14-12-10-6-2/h28,31H,5-27,30H2,1-4H3. The Labute approximate surface area is 208 Å². The molecule has 0 aromatic rings. The Morgan fingerprint density at radius 1 is 0.606 bits per heavy atom. The largest absolute Gasteiger partial charge is 0.350 e. The highest BCUT2D eigenvalue weighted by Crippen LogP contribution is 2.37. The highest BCUT2D eigenvalue weighted by Gasteiger charge is 2.39. The van der Waals surface area contributed by atoms with E-state index >= 15 is 0 Å². The summed E-state index contributed by atoms with van der Waals surface area (Å²) < 4.78 is 13.0. The maximum Gasteiger partial charge on any atom is 0.171 e. The van der Waals surface area contributed by atoms with E-state index in [2.05, 4.69) is 33.0 Å². The van der Waals surface area contributed by atoms with E-state index < -0.39 is 5.79 Å². The van der Waals surface area contributed by atoms with Gasteiger partial charge in [-0.05, 0) is 46.1 Å². The molecule has 4 heteroatoms. The van der Waals surface area contributed by atoms with Gasteiger partial charge in [0.05, 0.1) is 0 Å². The quantitative estimate of drug-likeness (QED) is 0.0943. The highest BCUT2D eigenvalue weighted by molar-refractivity contribution is 4.81. The highest BCUT2D eigenvalue weighted by atomic mass is 16.7. The molecule has 0 saturated carbocycles. The fourth-order valence-corrected chi connectivity index (χ4v) is 5.08. The molecule has 0 heterocycles. The molecule has 1 unspecified atom stereocenters. The lowest BCUT2D eigenvalue weighted by atomic mass is 9.84. The zero-order chi connectivity index (χ0) is 24.5. The van der Waals surface area contributed by atoms with Gasteiger partial charge >= 0.3 is 0 Å². The van der Waals surface area contributed by atoms with Gasteiger partial charge in [0.1, 0.15) is 0 Å². The van der Waals surface area contributed by atoms with Crippen molar-refractivity contribution in [2.45, 2.75) is 149 Å². The van der Waals surface area contributed by atoms with E-state index in [9.17, 15) is 0 Å². The van der Waals surface area contributed by atoms with Crippen molar-refractivity contribution in [1.82, 2.24) is 5.32 Å². The number of hydrogen-bond acceptors (Lipinski definition) is 4. The summed E-state index contributed by atoms with van der Waals surface area (Å²) in [6, 6.07) is 0. The molecule has 3 N–H and O–H groups in total. The number of hydrogen-bond donors (Lipinski definition) is 2. The van der Waals surface area contributed by atoms with E-state index in [0.717, 1.165) is 32.7 Å². The number of unbranched alkanes of at least 4 members (excludes halogenated alkanes) is 12. The van der Waals surface area contributed by atoms with E-state index in [1.54, 1.807) is 0 Å². The van der Waals surface area contributed by atoms with Gasteiger partial charge in [0.15, 0.2) is 5.79 Å². The summed E-state index contributed by atoms with van der Waals surface area (Å²) in [5.74, 6) is 0.0796. The van der Waals surface area contributed by atoms with Crippen LogP contribution in [0.1, 0.15) is 143 Å². The first kappa shape index (κ1) is 32.8. The Balaban J connectivity index is 4.88. The topological polar surface area (TPSA) is 56.5 Å². The molecular weight excluding hydrogens is 408 g/mol. The minimum Gasteiger partial charge on any atom is -0.350 e. The minimum absolute atomic E-state index is 0.400. The number of ether oxygens (including phenoxy) is 2. The van der Waals surface area contributed by atoms with E-state index in [1.807, 2.05) is 0 Å². The van der Waals surface area contributed by atoms with Crippen LogP contribution in [0.25, 0.3) is 0 Å². The van der Waals surface area contributed by atoms with Gasteiger partial charge in [0.2, 0.25) is 0 Å². The Hall–Kier alpha value is -0.160. The molecule has 0 aliphatic heterocycles. The van der Waals surface area contributed by atoms with Crippen molar-refractivity contribution in [3.05, 3.63) is 0 Å². The Morgan fingerprint density at radius 2 is 1.09 bits per heavy atom. The maximum atomic E-state index is 6.50. The van der Waals surface area contributed by atoms with Crippen molar-refractivity contribution in [3.63, 3.8) is 0 Å². The van der Waals surface area contributed by atoms with Gasteiger partial charge in [0.25, 0.3) is 0 Å². The third-order valence-corrected chi connectivity index (χ3v) is 6.91. The summed E-state index contributed by atoms with van der Waals surface area (Å²) in [4.78, 5) is 0. The summed E-state index contributed by atoms with van der Waals surface area (Å²) in [5.41, 5.74) is 5.65. The Bertz CT molecular complexity index is 373. The van der Waals surface area contributed by atoms with Crippen LogP contribution in [0.15, 0.2) is 0 Å². The van der Waals surface area contributed by atoms with Gasteiger partial charge in [-0.2, -0.15) is 0 Å². The number of nitrogens with one attached hydrogen (secondary N) is 1. The van der Waals surface area contributed by atoms with Crippen LogP contribution >= 0.6 is 0 Å². The molecule has 0 aliphatic carbocycles. The van der Waals surface area contributed by atoms with Crippen LogP contribution in [0.2, 0.25) is 0 Å². The van der Waals surface area contributed by atoms with Crippen LogP contribution in [0, 0.1) is 5.92 Å². The molecule has 0 aliphatic rings. The first-order valence-electron chi connectivity index (χ1n) is 14.9. The number of nitrogens with two attached hydrogens (primary N) is 1. The Morgan fingerprint density at radius 3 is 1.61 bits per heavy atom. The smallest absolute Gasteiger partial charge is 0.171 e. The third kappa shape index (κ3) is 17.9. The average Bonchev–Trinajstić information content (AvgIpc) is 2.81. The minimum atomic E-state index is -0.400. The van der Waals surface area contributed by atoms with E-state index in [-0.39, 0.29) is 0 Å². The molecule has 0 fully saturated rings. The van der Waals surface area contributed by atoms with Crippen molar-refractivity contribution in [1.29, 1.82) is 0 Å². The summed E-state index contributed by atoms with van der Waals surface area (Å²) in [5, 5.41) is 3.47. The molecule has 0 amide bonds. The molecule has 200 valence electrons. The van der Waals surface area contributed by atoms with E-state index in [1.165, 1.54) is 109 Å². The van der Waals surface area contributed by atoms with Crippen LogP contribution in [0.5, 0.6) is 0 Å². The van der Waals surface area contributed by atoms with Crippen molar-refractivity contribution < 1.29 is 9.47 Å². The first-order valence-corrected chi connectivity index (χ1v) is 14.9. The molecule has 33 heavy (non-hydrogen) atoms. The van der Waals surface area contributed by atoms with Crippen molar-refractivity contribution in [3.8, 4) is 0 Å². The maximum absolute atomic E-state index is 6.50. The molecule has 0 bridgehead atoms. The van der Waals surface area contributed by atoms with Crippen LogP contribution in [0.3, 0.4) is 0 Å². The second-order valence-corrected chi connectivity index (χ2v) is 9.84. The number of rotatable bonds is 27. The lowest BCUT2D eigenvalue weighted by Crippen LogP contribution is -2.44. The monoisotopic (exact) mass is 470 g/mol. The van der Waals surface area contributed by atoms with Gasteiger partial charge in [-0.3, -0.25) is 0 Å². The van der Waals surface area contributed by atoms with Crippen LogP contribution in [-0.2, 0) is 9.47 Å². The third-order valence-electron chi connectivity index (χ3n) is 6.91.